The predicted octanol–water partition coefficient (Wildman–Crippen LogP) is 2.49. The van der Waals surface area contributed by atoms with Crippen molar-refractivity contribution in [2.75, 3.05) is 27.7 Å². The van der Waals surface area contributed by atoms with Gasteiger partial charge < -0.3 is 15.0 Å². The van der Waals surface area contributed by atoms with Crippen LogP contribution < -0.4 is 10.1 Å². The summed E-state index contributed by atoms with van der Waals surface area (Å²) in [4.78, 5) is 14.7. The fraction of sp³-hybridized carbons (Fsp3) is 0.350. The molecule has 1 atom stereocenters. The number of fused-ring (bicyclic) bond motifs is 1. The smallest absolute Gasteiger partial charge is 0.251 e. The fourth-order valence-electron chi connectivity index (χ4n) is 3.15. The second kappa shape index (κ2) is 8.18. The van der Waals surface area contributed by atoms with Gasteiger partial charge in [0, 0.05) is 24.2 Å². The Morgan fingerprint density at radius 2 is 2.04 bits per heavy atom. The van der Waals surface area contributed by atoms with Crippen LogP contribution in [0.3, 0.4) is 0 Å². The highest BCUT2D eigenvalue weighted by atomic mass is 16.5. The molecule has 1 heterocycles. The lowest BCUT2D eigenvalue weighted by molar-refractivity contribution is 0.0941. The third kappa shape index (κ3) is 3.93. The molecule has 3 aromatic rings. The zero-order chi connectivity index (χ0) is 19.4. The van der Waals surface area contributed by atoms with E-state index >= 15 is 0 Å². The van der Waals surface area contributed by atoms with Gasteiger partial charge in [-0.2, -0.15) is 0 Å². The topological polar surface area (TPSA) is 72.3 Å². The summed E-state index contributed by atoms with van der Waals surface area (Å²) >= 11 is 0. The maximum absolute atomic E-state index is 12.7. The summed E-state index contributed by atoms with van der Waals surface area (Å²) in [5, 5.41) is 11.2. The second-order valence-corrected chi connectivity index (χ2v) is 6.54. The number of hydrogen-bond acceptors (Lipinski definition) is 5. The number of likely N-dealkylation sites (N-methyl/N-ethyl adjacent to an activating group) is 1. The Labute approximate surface area is 158 Å². The molecule has 0 aliphatic carbocycles. The van der Waals surface area contributed by atoms with Gasteiger partial charge in [-0.25, -0.2) is 4.68 Å². The first kappa shape index (κ1) is 18.8. The van der Waals surface area contributed by atoms with Crippen LogP contribution in [0.5, 0.6) is 5.75 Å². The highest BCUT2D eigenvalue weighted by Crippen LogP contribution is 2.27. The van der Waals surface area contributed by atoms with Gasteiger partial charge in [0.1, 0.15) is 11.3 Å². The summed E-state index contributed by atoms with van der Waals surface area (Å²) in [5.74, 6) is 0.674. The first-order valence-corrected chi connectivity index (χ1v) is 8.96. The lowest BCUT2D eigenvalue weighted by Crippen LogP contribution is -2.34. The van der Waals surface area contributed by atoms with Crippen LogP contribution in [0.4, 0.5) is 0 Å². The van der Waals surface area contributed by atoms with E-state index in [1.165, 1.54) is 0 Å². The molecule has 27 heavy (non-hydrogen) atoms. The number of aromatic nitrogens is 3. The quantitative estimate of drug-likeness (QED) is 0.695. The Morgan fingerprint density at radius 3 is 2.74 bits per heavy atom. The van der Waals surface area contributed by atoms with E-state index in [2.05, 4.69) is 20.5 Å². The molecule has 1 aromatic heterocycles. The number of carbonyl (C=O) groups is 1. The van der Waals surface area contributed by atoms with Gasteiger partial charge in [0.25, 0.3) is 5.91 Å². The van der Waals surface area contributed by atoms with Crippen molar-refractivity contribution in [2.45, 2.75) is 19.5 Å². The molecule has 1 N–H and O–H groups in total. The van der Waals surface area contributed by atoms with Crippen LogP contribution in [0.15, 0.2) is 42.5 Å². The van der Waals surface area contributed by atoms with Crippen molar-refractivity contribution in [1.29, 1.82) is 0 Å². The molecule has 0 saturated heterocycles. The van der Waals surface area contributed by atoms with E-state index in [-0.39, 0.29) is 11.9 Å². The highest BCUT2D eigenvalue weighted by molar-refractivity contribution is 5.97. The number of benzene rings is 2. The zero-order valence-electron chi connectivity index (χ0n) is 16.1. The summed E-state index contributed by atoms with van der Waals surface area (Å²) in [5.41, 5.74) is 3.25. The minimum absolute atomic E-state index is 0.00482. The van der Waals surface area contributed by atoms with Crippen molar-refractivity contribution in [3.05, 3.63) is 53.6 Å². The maximum Gasteiger partial charge on any atom is 0.251 e. The molecular formula is C20H25N5O2. The monoisotopic (exact) mass is 367 g/mol. The van der Waals surface area contributed by atoms with Crippen LogP contribution in [0.2, 0.25) is 0 Å². The number of hydrogen-bond donors (Lipinski definition) is 1. The van der Waals surface area contributed by atoms with Crippen molar-refractivity contribution >= 4 is 16.9 Å². The van der Waals surface area contributed by atoms with E-state index in [1.54, 1.807) is 23.9 Å². The van der Waals surface area contributed by atoms with E-state index < -0.39 is 0 Å². The van der Waals surface area contributed by atoms with Crippen LogP contribution in [0.1, 0.15) is 28.9 Å². The lowest BCUT2D eigenvalue weighted by atomic mass is 10.0. The Balaban J connectivity index is 1.76. The summed E-state index contributed by atoms with van der Waals surface area (Å²) in [6.07, 6.45) is 0. The minimum atomic E-state index is -0.135. The first-order valence-electron chi connectivity index (χ1n) is 8.96. The molecule has 142 valence electrons. The second-order valence-electron chi connectivity index (χ2n) is 6.54. The summed E-state index contributed by atoms with van der Waals surface area (Å²) < 4.78 is 7.28. The van der Waals surface area contributed by atoms with Gasteiger partial charge >= 0.3 is 0 Å². The number of para-hydroxylation sites is 1. The standard InChI is InChI=1S/C20H25N5O2/c1-5-25-17-11-10-14(12-16(17)22-23-25)20(26)21-13-18(24(2)3)15-8-6-7-9-19(15)27-4/h6-12,18H,5,13H2,1-4H3,(H,21,26)/t18-/m1/s1. The molecule has 3 rings (SSSR count). The number of nitrogens with zero attached hydrogens (tertiary/aromatic N) is 4. The molecule has 0 aliphatic heterocycles. The molecule has 0 fully saturated rings. The van der Waals surface area contributed by atoms with E-state index in [0.717, 1.165) is 28.9 Å². The van der Waals surface area contributed by atoms with Crippen molar-refractivity contribution in [1.82, 2.24) is 25.2 Å². The Hall–Kier alpha value is -2.93. The average Bonchev–Trinajstić information content (AvgIpc) is 3.10. The van der Waals surface area contributed by atoms with Crippen LogP contribution in [0, 0.1) is 0 Å². The number of amides is 1. The summed E-state index contributed by atoms with van der Waals surface area (Å²) in [7, 11) is 5.62. The molecule has 0 bridgehead atoms. The van der Waals surface area contributed by atoms with Gasteiger partial charge in [0.15, 0.2) is 0 Å². The molecular weight excluding hydrogens is 342 g/mol. The molecule has 0 unspecified atom stereocenters. The third-order valence-electron chi connectivity index (χ3n) is 4.65. The lowest BCUT2D eigenvalue weighted by Gasteiger charge is -2.26. The van der Waals surface area contributed by atoms with E-state index in [4.69, 9.17) is 4.74 Å². The van der Waals surface area contributed by atoms with E-state index in [9.17, 15) is 4.79 Å². The Bertz CT molecular complexity index is 935. The number of nitrogens with one attached hydrogen (secondary N) is 1. The molecule has 0 radical (unpaired) electrons. The van der Waals surface area contributed by atoms with Gasteiger partial charge in [-0.1, -0.05) is 23.4 Å². The molecule has 7 nitrogen and oxygen atoms in total. The average molecular weight is 367 g/mol. The number of carbonyl (C=O) groups excluding carboxylic acids is 1. The number of ether oxygens (including phenoxy) is 1. The summed E-state index contributed by atoms with van der Waals surface area (Å²) in [6.45, 7) is 3.21. The zero-order valence-corrected chi connectivity index (χ0v) is 16.1. The highest BCUT2D eigenvalue weighted by Gasteiger charge is 2.19. The molecule has 1 amide bonds. The van der Waals surface area contributed by atoms with Crippen molar-refractivity contribution < 1.29 is 9.53 Å². The Kier molecular flexibility index (Phi) is 5.71. The predicted molar refractivity (Wildman–Crippen MR) is 105 cm³/mol. The molecule has 2 aromatic carbocycles. The maximum atomic E-state index is 12.7. The largest absolute Gasteiger partial charge is 0.496 e. The summed E-state index contributed by atoms with van der Waals surface area (Å²) in [6, 6.07) is 13.3. The van der Waals surface area contributed by atoms with Gasteiger partial charge in [0.05, 0.1) is 18.7 Å². The SMILES string of the molecule is CCn1nnc2cc(C(=O)NC[C@H](c3ccccc3OC)N(C)C)ccc21. The van der Waals surface area contributed by atoms with Crippen LogP contribution >= 0.6 is 0 Å². The number of rotatable bonds is 7. The van der Waals surface area contributed by atoms with Gasteiger partial charge in [-0.05, 0) is 45.3 Å². The normalized spacial score (nSPS) is 12.3. The van der Waals surface area contributed by atoms with Gasteiger partial charge in [-0.3, -0.25) is 4.79 Å². The molecule has 7 heteroatoms. The van der Waals surface area contributed by atoms with Gasteiger partial charge in [0.2, 0.25) is 0 Å². The third-order valence-corrected chi connectivity index (χ3v) is 4.65. The molecule has 0 spiro atoms. The molecule has 0 saturated carbocycles. The fourth-order valence-corrected chi connectivity index (χ4v) is 3.15. The minimum Gasteiger partial charge on any atom is -0.496 e. The van der Waals surface area contributed by atoms with Crippen LogP contribution in [0.25, 0.3) is 11.0 Å². The number of methoxy groups -OCH3 is 1. The van der Waals surface area contributed by atoms with Crippen molar-refractivity contribution in [2.24, 2.45) is 0 Å². The molecule has 0 aliphatic rings. The number of aryl methyl sites for hydroxylation is 1. The Morgan fingerprint density at radius 1 is 1.26 bits per heavy atom. The van der Waals surface area contributed by atoms with Crippen molar-refractivity contribution in [3.63, 3.8) is 0 Å². The van der Waals surface area contributed by atoms with Gasteiger partial charge in [-0.15, -0.1) is 5.10 Å². The first-order chi connectivity index (χ1) is 13.0. The van der Waals surface area contributed by atoms with E-state index in [1.807, 2.05) is 51.4 Å². The van der Waals surface area contributed by atoms with Crippen LogP contribution in [-0.2, 0) is 6.54 Å². The van der Waals surface area contributed by atoms with E-state index in [0.29, 0.717) is 12.1 Å². The van der Waals surface area contributed by atoms with Crippen molar-refractivity contribution in [3.8, 4) is 5.75 Å². The van der Waals surface area contributed by atoms with Crippen LogP contribution in [-0.4, -0.2) is 53.6 Å².